The highest BCUT2D eigenvalue weighted by Crippen LogP contribution is 2.33. The van der Waals surface area contributed by atoms with E-state index >= 15 is 0 Å². The third-order valence-corrected chi connectivity index (χ3v) is 2.88. The molecule has 2 rings (SSSR count). The molecule has 1 saturated carbocycles. The van der Waals surface area contributed by atoms with Crippen molar-refractivity contribution in [2.75, 3.05) is 0 Å². The number of hydrogen-bond acceptors (Lipinski definition) is 2. The van der Waals surface area contributed by atoms with Crippen LogP contribution < -0.4 is 0 Å². The average Bonchev–Trinajstić information content (AvgIpc) is 3.20. The highest BCUT2D eigenvalue weighted by molar-refractivity contribution is 5.74. The van der Waals surface area contributed by atoms with E-state index in [-0.39, 0.29) is 5.92 Å². The van der Waals surface area contributed by atoms with Gasteiger partial charge in [-0.15, -0.1) is 0 Å². The van der Waals surface area contributed by atoms with Crippen molar-refractivity contribution in [3.05, 3.63) is 34.4 Å². The van der Waals surface area contributed by atoms with Crippen molar-refractivity contribution < 1.29 is 35.9 Å². The first-order valence-electron chi connectivity index (χ1n) is 5.64. The Morgan fingerprint density at radius 3 is 1.95 bits per heavy atom. The van der Waals surface area contributed by atoms with Gasteiger partial charge in [-0.05, 0) is 12.8 Å². The molecule has 0 atom stereocenters. The van der Waals surface area contributed by atoms with Crippen molar-refractivity contribution in [3.8, 4) is 0 Å². The molecule has 1 aromatic carbocycles. The van der Waals surface area contributed by atoms with E-state index in [1.807, 2.05) is 0 Å². The first kappa shape index (κ1) is 14.7. The molecule has 0 bridgehead atoms. The molecule has 0 spiro atoms. The summed E-state index contributed by atoms with van der Waals surface area (Å²) in [7, 11) is 0. The monoisotopic (exact) mass is 298 g/mol. The van der Waals surface area contributed by atoms with E-state index in [1.54, 1.807) is 0 Å². The van der Waals surface area contributed by atoms with E-state index < -0.39 is 53.4 Å². The fourth-order valence-corrected chi connectivity index (χ4v) is 1.59. The Balaban J connectivity index is 2.31. The Kier molecular flexibility index (Phi) is 3.92. The number of halogens is 6. The summed E-state index contributed by atoms with van der Waals surface area (Å²) < 4.78 is 82.4. The maximum absolute atomic E-state index is 13.4. The molecule has 0 saturated heterocycles. The second-order valence-electron chi connectivity index (χ2n) is 4.33. The minimum Gasteiger partial charge on any atom is -0.460 e. The zero-order valence-electron chi connectivity index (χ0n) is 9.86. The van der Waals surface area contributed by atoms with Crippen LogP contribution in [0.5, 0.6) is 0 Å². The van der Waals surface area contributed by atoms with Gasteiger partial charge in [0.1, 0.15) is 6.61 Å². The summed E-state index contributed by atoms with van der Waals surface area (Å²) in [6.45, 7) is -1.05. The number of alkyl halides is 2. The molecule has 1 aliphatic rings. The van der Waals surface area contributed by atoms with Crippen molar-refractivity contribution in [1.82, 2.24) is 0 Å². The maximum Gasteiger partial charge on any atom is 0.309 e. The van der Waals surface area contributed by atoms with Gasteiger partial charge in [0.05, 0.1) is 17.0 Å². The van der Waals surface area contributed by atoms with E-state index in [2.05, 4.69) is 4.74 Å². The lowest BCUT2D eigenvalue weighted by Gasteiger charge is -2.11. The van der Waals surface area contributed by atoms with Crippen LogP contribution in [0, 0.1) is 29.2 Å². The quantitative estimate of drug-likeness (QED) is 0.482. The number of rotatable bonds is 4. The van der Waals surface area contributed by atoms with E-state index in [4.69, 9.17) is 0 Å². The van der Waals surface area contributed by atoms with Crippen LogP contribution in [0.4, 0.5) is 26.3 Å². The predicted octanol–water partition coefficient (Wildman–Crippen LogP) is 3.63. The summed E-state index contributed by atoms with van der Waals surface area (Å²) in [4.78, 5) is 11.2. The molecule has 0 unspecified atom stereocenters. The third kappa shape index (κ3) is 2.59. The van der Waals surface area contributed by atoms with Crippen LogP contribution in [0.25, 0.3) is 0 Å². The van der Waals surface area contributed by atoms with Crippen molar-refractivity contribution in [2.45, 2.75) is 25.9 Å². The first-order chi connectivity index (χ1) is 9.34. The summed E-state index contributed by atoms with van der Waals surface area (Å²) >= 11 is 0. The maximum atomic E-state index is 13.4. The van der Waals surface area contributed by atoms with Gasteiger partial charge in [0.15, 0.2) is 23.3 Å². The molecule has 2 nitrogen and oxygen atoms in total. The van der Waals surface area contributed by atoms with Crippen molar-refractivity contribution >= 4 is 5.97 Å². The van der Waals surface area contributed by atoms with Crippen LogP contribution in [0.1, 0.15) is 30.4 Å². The molecule has 0 heterocycles. The van der Waals surface area contributed by atoms with E-state index in [0.29, 0.717) is 12.8 Å². The molecule has 8 heteroatoms. The topological polar surface area (TPSA) is 26.3 Å². The molecule has 1 aromatic rings. The largest absolute Gasteiger partial charge is 0.460 e. The van der Waals surface area contributed by atoms with Crippen LogP contribution >= 0.6 is 0 Å². The van der Waals surface area contributed by atoms with E-state index in [1.165, 1.54) is 0 Å². The van der Waals surface area contributed by atoms with Gasteiger partial charge in [-0.25, -0.2) is 26.3 Å². The first-order valence-corrected chi connectivity index (χ1v) is 5.64. The highest BCUT2D eigenvalue weighted by Gasteiger charge is 2.33. The molecule has 0 amide bonds. The van der Waals surface area contributed by atoms with Crippen molar-refractivity contribution in [1.29, 1.82) is 0 Å². The molecular formula is C12H8F6O2. The Labute approximate surface area is 109 Å². The lowest BCUT2D eigenvalue weighted by Crippen LogP contribution is -2.13. The van der Waals surface area contributed by atoms with Gasteiger partial charge < -0.3 is 4.74 Å². The number of hydrogen-bond donors (Lipinski definition) is 0. The SMILES string of the molecule is O=C(OCc1c(F)c(F)c(C(F)F)c(F)c1F)C1CC1. The molecule has 110 valence electrons. The Morgan fingerprint density at radius 1 is 1.05 bits per heavy atom. The van der Waals surface area contributed by atoms with E-state index in [9.17, 15) is 31.1 Å². The van der Waals surface area contributed by atoms with Crippen LogP contribution in [0.3, 0.4) is 0 Å². The van der Waals surface area contributed by atoms with Crippen LogP contribution in [0.2, 0.25) is 0 Å². The molecule has 1 aliphatic carbocycles. The summed E-state index contributed by atoms with van der Waals surface area (Å²) in [6.07, 6.45) is -2.57. The highest BCUT2D eigenvalue weighted by atomic mass is 19.3. The van der Waals surface area contributed by atoms with Crippen LogP contribution in [-0.2, 0) is 16.1 Å². The predicted molar refractivity (Wildman–Crippen MR) is 53.8 cm³/mol. The van der Waals surface area contributed by atoms with Gasteiger partial charge in [-0.3, -0.25) is 4.79 Å². The number of ether oxygens (including phenoxy) is 1. The van der Waals surface area contributed by atoms with Gasteiger partial charge in [0.25, 0.3) is 6.43 Å². The summed E-state index contributed by atoms with van der Waals surface area (Å²) in [5, 5.41) is 0. The standard InChI is InChI=1S/C12H8F6O2/c13-7-5(3-20-12(19)4-1-2-4)8(14)10(16)6(9(7)15)11(17)18/h4,11H,1-3H2. The molecular weight excluding hydrogens is 290 g/mol. The molecule has 0 aliphatic heterocycles. The molecule has 1 fully saturated rings. The van der Waals surface area contributed by atoms with Gasteiger partial charge in [0, 0.05) is 0 Å². The molecule has 0 radical (unpaired) electrons. The minimum absolute atomic E-state index is 0.379. The zero-order chi connectivity index (χ0) is 15.0. The second kappa shape index (κ2) is 5.34. The van der Waals surface area contributed by atoms with Crippen molar-refractivity contribution in [3.63, 3.8) is 0 Å². The Morgan fingerprint density at radius 2 is 1.55 bits per heavy atom. The molecule has 0 aromatic heterocycles. The Hall–Kier alpha value is -1.73. The second-order valence-corrected chi connectivity index (χ2v) is 4.33. The summed E-state index contributed by atoms with van der Waals surface area (Å²) in [5.74, 6) is -9.46. The zero-order valence-corrected chi connectivity index (χ0v) is 9.86. The molecule has 0 N–H and O–H groups in total. The fraction of sp³-hybridized carbons (Fsp3) is 0.417. The van der Waals surface area contributed by atoms with Crippen molar-refractivity contribution in [2.24, 2.45) is 5.92 Å². The van der Waals surface area contributed by atoms with E-state index in [0.717, 1.165) is 0 Å². The lowest BCUT2D eigenvalue weighted by molar-refractivity contribution is -0.146. The smallest absolute Gasteiger partial charge is 0.309 e. The van der Waals surface area contributed by atoms with Gasteiger partial charge in [-0.2, -0.15) is 0 Å². The lowest BCUT2D eigenvalue weighted by atomic mass is 10.1. The van der Waals surface area contributed by atoms with Crippen LogP contribution in [0.15, 0.2) is 0 Å². The summed E-state index contributed by atoms with van der Waals surface area (Å²) in [6, 6.07) is 0. The summed E-state index contributed by atoms with van der Waals surface area (Å²) in [5.41, 5.74) is -3.20. The number of carbonyl (C=O) groups is 1. The van der Waals surface area contributed by atoms with Gasteiger partial charge in [-0.1, -0.05) is 0 Å². The normalized spacial score (nSPS) is 14.8. The number of benzene rings is 1. The fourth-order valence-electron chi connectivity index (χ4n) is 1.59. The Bertz CT molecular complexity index is 524. The average molecular weight is 298 g/mol. The minimum atomic E-state index is -3.71. The number of esters is 1. The van der Waals surface area contributed by atoms with Gasteiger partial charge in [0.2, 0.25) is 0 Å². The van der Waals surface area contributed by atoms with Crippen LogP contribution in [-0.4, -0.2) is 5.97 Å². The molecule has 20 heavy (non-hydrogen) atoms. The number of carbonyl (C=O) groups excluding carboxylic acids is 1. The van der Waals surface area contributed by atoms with Gasteiger partial charge >= 0.3 is 5.97 Å². The third-order valence-electron chi connectivity index (χ3n) is 2.88.